The van der Waals surface area contributed by atoms with E-state index in [0.29, 0.717) is 12.5 Å². The summed E-state index contributed by atoms with van der Waals surface area (Å²) in [5.41, 5.74) is 5.43. The second-order valence-corrected chi connectivity index (χ2v) is 2.46. The van der Waals surface area contributed by atoms with Crippen LogP contribution < -0.4 is 5.73 Å². The van der Waals surface area contributed by atoms with Gasteiger partial charge in [0.25, 0.3) is 0 Å². The average Bonchev–Trinajstić information content (AvgIpc) is 2.40. The number of nitrogens with zero attached hydrogens (tertiary/aromatic N) is 3. The summed E-state index contributed by atoms with van der Waals surface area (Å²) in [6.45, 7) is 3.64. The molecule has 0 fully saturated rings. The maximum atomic E-state index is 5.43. The molecule has 1 heterocycles. The SMILES string of the molecule is CC(CN)Cn1cncn1. The van der Waals surface area contributed by atoms with E-state index in [4.69, 9.17) is 5.73 Å². The van der Waals surface area contributed by atoms with Crippen molar-refractivity contribution in [2.24, 2.45) is 11.7 Å². The monoisotopic (exact) mass is 140 g/mol. The fourth-order valence-corrected chi connectivity index (χ4v) is 0.721. The van der Waals surface area contributed by atoms with Gasteiger partial charge in [-0.3, -0.25) is 4.68 Å². The Morgan fingerprint density at radius 1 is 1.70 bits per heavy atom. The lowest BCUT2D eigenvalue weighted by molar-refractivity contribution is 0.457. The van der Waals surface area contributed by atoms with Crippen molar-refractivity contribution in [2.75, 3.05) is 6.54 Å². The van der Waals surface area contributed by atoms with E-state index < -0.39 is 0 Å². The molecule has 56 valence electrons. The summed E-state index contributed by atoms with van der Waals surface area (Å²) in [4.78, 5) is 3.82. The highest BCUT2D eigenvalue weighted by atomic mass is 15.3. The molecule has 0 aliphatic rings. The van der Waals surface area contributed by atoms with E-state index in [2.05, 4.69) is 17.0 Å². The van der Waals surface area contributed by atoms with E-state index in [1.807, 2.05) is 0 Å². The van der Waals surface area contributed by atoms with Gasteiger partial charge in [-0.25, -0.2) is 4.98 Å². The van der Waals surface area contributed by atoms with Crippen LogP contribution >= 0.6 is 0 Å². The highest BCUT2D eigenvalue weighted by Crippen LogP contribution is 1.94. The molecule has 0 saturated carbocycles. The molecule has 2 N–H and O–H groups in total. The predicted molar refractivity (Wildman–Crippen MR) is 38.2 cm³/mol. The van der Waals surface area contributed by atoms with Crippen LogP contribution in [0.4, 0.5) is 0 Å². The lowest BCUT2D eigenvalue weighted by Crippen LogP contribution is -2.17. The molecule has 1 aromatic rings. The first-order chi connectivity index (χ1) is 4.83. The zero-order valence-corrected chi connectivity index (χ0v) is 6.07. The molecule has 0 saturated heterocycles. The van der Waals surface area contributed by atoms with Crippen LogP contribution in [0.15, 0.2) is 12.7 Å². The fourth-order valence-electron chi connectivity index (χ4n) is 0.721. The van der Waals surface area contributed by atoms with Gasteiger partial charge in [-0.15, -0.1) is 0 Å². The average molecular weight is 140 g/mol. The molecule has 0 aliphatic heterocycles. The van der Waals surface area contributed by atoms with Gasteiger partial charge in [0.2, 0.25) is 0 Å². The van der Waals surface area contributed by atoms with Crippen LogP contribution in [0.1, 0.15) is 6.92 Å². The van der Waals surface area contributed by atoms with Crippen molar-refractivity contribution >= 4 is 0 Å². The number of nitrogens with two attached hydrogens (primary N) is 1. The van der Waals surface area contributed by atoms with Gasteiger partial charge in [-0.1, -0.05) is 6.92 Å². The van der Waals surface area contributed by atoms with E-state index >= 15 is 0 Å². The van der Waals surface area contributed by atoms with E-state index in [-0.39, 0.29) is 0 Å². The van der Waals surface area contributed by atoms with Gasteiger partial charge in [0.1, 0.15) is 12.7 Å². The van der Waals surface area contributed by atoms with Crippen LogP contribution in [0.2, 0.25) is 0 Å². The highest BCUT2D eigenvalue weighted by molar-refractivity contribution is 4.59. The van der Waals surface area contributed by atoms with Gasteiger partial charge < -0.3 is 5.73 Å². The Morgan fingerprint density at radius 3 is 3.00 bits per heavy atom. The van der Waals surface area contributed by atoms with Gasteiger partial charge >= 0.3 is 0 Å². The summed E-state index contributed by atoms with van der Waals surface area (Å²) in [5.74, 6) is 0.474. The van der Waals surface area contributed by atoms with Crippen LogP contribution in [0.3, 0.4) is 0 Å². The molecular weight excluding hydrogens is 128 g/mol. The Balaban J connectivity index is 2.40. The van der Waals surface area contributed by atoms with E-state index in [1.54, 1.807) is 11.0 Å². The summed E-state index contributed by atoms with van der Waals surface area (Å²) in [5, 5.41) is 3.95. The van der Waals surface area contributed by atoms with Gasteiger partial charge in [0.15, 0.2) is 0 Å². The lowest BCUT2D eigenvalue weighted by Gasteiger charge is -2.05. The van der Waals surface area contributed by atoms with Crippen molar-refractivity contribution in [3.8, 4) is 0 Å². The summed E-state index contributed by atoms with van der Waals surface area (Å²) in [7, 11) is 0. The minimum absolute atomic E-state index is 0.474. The third kappa shape index (κ3) is 1.80. The maximum absolute atomic E-state index is 5.43. The second kappa shape index (κ2) is 3.31. The minimum Gasteiger partial charge on any atom is -0.330 e. The first-order valence-corrected chi connectivity index (χ1v) is 3.35. The van der Waals surface area contributed by atoms with Gasteiger partial charge in [-0.05, 0) is 12.5 Å². The summed E-state index contributed by atoms with van der Waals surface area (Å²) >= 11 is 0. The zero-order valence-electron chi connectivity index (χ0n) is 6.07. The van der Waals surface area contributed by atoms with Crippen LogP contribution in [0.25, 0.3) is 0 Å². The van der Waals surface area contributed by atoms with Crippen LogP contribution in [-0.2, 0) is 6.54 Å². The first kappa shape index (κ1) is 7.21. The van der Waals surface area contributed by atoms with Crippen molar-refractivity contribution in [1.29, 1.82) is 0 Å². The second-order valence-electron chi connectivity index (χ2n) is 2.46. The highest BCUT2D eigenvalue weighted by Gasteiger charge is 1.98. The van der Waals surface area contributed by atoms with Crippen LogP contribution in [0, 0.1) is 5.92 Å². The van der Waals surface area contributed by atoms with Crippen molar-refractivity contribution in [3.05, 3.63) is 12.7 Å². The molecule has 1 aromatic heterocycles. The molecule has 4 heteroatoms. The molecule has 10 heavy (non-hydrogen) atoms. The third-order valence-electron chi connectivity index (χ3n) is 1.37. The Kier molecular flexibility index (Phi) is 2.39. The largest absolute Gasteiger partial charge is 0.330 e. The van der Waals surface area contributed by atoms with E-state index in [0.717, 1.165) is 6.54 Å². The summed E-state index contributed by atoms with van der Waals surface area (Å²) < 4.78 is 1.79. The predicted octanol–water partition coefficient (Wildman–Crippen LogP) is -0.127. The first-order valence-electron chi connectivity index (χ1n) is 3.35. The third-order valence-corrected chi connectivity index (χ3v) is 1.37. The molecule has 4 nitrogen and oxygen atoms in total. The quantitative estimate of drug-likeness (QED) is 0.636. The summed E-state index contributed by atoms with van der Waals surface area (Å²) in [6.07, 6.45) is 3.23. The molecule has 0 spiro atoms. The van der Waals surface area contributed by atoms with Crippen molar-refractivity contribution in [3.63, 3.8) is 0 Å². The topological polar surface area (TPSA) is 56.7 Å². The Hall–Kier alpha value is -0.900. The van der Waals surface area contributed by atoms with Gasteiger partial charge in [0, 0.05) is 6.54 Å². The summed E-state index contributed by atoms with van der Waals surface area (Å²) in [6, 6.07) is 0. The Bertz CT molecular complexity index is 170. The molecule has 0 aliphatic carbocycles. The van der Waals surface area contributed by atoms with Crippen molar-refractivity contribution in [1.82, 2.24) is 14.8 Å². The molecule has 1 rings (SSSR count). The standard InChI is InChI=1S/C6H12N4/c1-6(2-7)3-10-5-8-4-9-10/h4-6H,2-3,7H2,1H3. The number of aromatic nitrogens is 3. The fraction of sp³-hybridized carbons (Fsp3) is 0.667. The van der Waals surface area contributed by atoms with Crippen molar-refractivity contribution < 1.29 is 0 Å². The van der Waals surface area contributed by atoms with Crippen LogP contribution in [0.5, 0.6) is 0 Å². The minimum atomic E-state index is 0.474. The Labute approximate surface area is 60.1 Å². The molecule has 0 aromatic carbocycles. The van der Waals surface area contributed by atoms with Crippen molar-refractivity contribution in [2.45, 2.75) is 13.5 Å². The van der Waals surface area contributed by atoms with Gasteiger partial charge in [0.05, 0.1) is 0 Å². The molecule has 1 atom stereocenters. The zero-order chi connectivity index (χ0) is 7.40. The normalized spacial score (nSPS) is 13.4. The molecule has 0 amide bonds. The Morgan fingerprint density at radius 2 is 2.50 bits per heavy atom. The molecule has 0 bridgehead atoms. The number of hydrogen-bond acceptors (Lipinski definition) is 3. The smallest absolute Gasteiger partial charge is 0.137 e. The molecule has 0 radical (unpaired) electrons. The molecular formula is C6H12N4. The molecule has 1 unspecified atom stereocenters. The van der Waals surface area contributed by atoms with Crippen LogP contribution in [-0.4, -0.2) is 21.3 Å². The van der Waals surface area contributed by atoms with E-state index in [1.165, 1.54) is 6.33 Å². The lowest BCUT2D eigenvalue weighted by atomic mass is 10.2. The number of hydrogen-bond donors (Lipinski definition) is 1. The maximum Gasteiger partial charge on any atom is 0.137 e. The number of rotatable bonds is 3. The van der Waals surface area contributed by atoms with E-state index in [9.17, 15) is 0 Å². The van der Waals surface area contributed by atoms with Gasteiger partial charge in [-0.2, -0.15) is 5.10 Å².